The molecule has 2 atom stereocenters. The molecule has 28 heavy (non-hydrogen) atoms. The van der Waals surface area contributed by atoms with Gasteiger partial charge in [-0.15, -0.1) is 11.3 Å². The van der Waals surface area contributed by atoms with Gasteiger partial charge in [0.1, 0.15) is 10.7 Å². The molecule has 6 nitrogen and oxygen atoms in total. The Morgan fingerprint density at radius 3 is 3.00 bits per heavy atom. The molecule has 150 valence electrons. The minimum absolute atomic E-state index is 0.183. The minimum atomic E-state index is 0.183. The van der Waals surface area contributed by atoms with E-state index >= 15 is 0 Å². The zero-order valence-corrected chi connectivity index (χ0v) is 17.6. The summed E-state index contributed by atoms with van der Waals surface area (Å²) in [5.41, 5.74) is 2.59. The Labute approximate surface area is 169 Å². The van der Waals surface area contributed by atoms with Gasteiger partial charge in [-0.1, -0.05) is 13.0 Å². The largest absolute Gasteiger partial charge is 0.383 e. The van der Waals surface area contributed by atoms with Crippen LogP contribution in [0.4, 0.5) is 0 Å². The van der Waals surface area contributed by atoms with Crippen molar-refractivity contribution in [3.63, 3.8) is 0 Å². The fraction of sp³-hybridized carbons (Fsp3) is 0.619. The topological polar surface area (TPSA) is 50.6 Å². The van der Waals surface area contributed by atoms with Crippen LogP contribution in [0.5, 0.6) is 0 Å². The Morgan fingerprint density at radius 1 is 1.32 bits per heavy atom. The summed E-state index contributed by atoms with van der Waals surface area (Å²) < 4.78 is 7.27. The van der Waals surface area contributed by atoms with E-state index in [4.69, 9.17) is 9.72 Å². The summed E-state index contributed by atoms with van der Waals surface area (Å²) in [5, 5.41) is 0.885. The molecule has 1 aliphatic carbocycles. The summed E-state index contributed by atoms with van der Waals surface area (Å²) in [6.07, 6.45) is 4.25. The summed E-state index contributed by atoms with van der Waals surface area (Å²) >= 11 is 1.71. The highest BCUT2D eigenvalue weighted by Crippen LogP contribution is 2.43. The van der Waals surface area contributed by atoms with E-state index in [2.05, 4.69) is 23.4 Å². The quantitative estimate of drug-likeness (QED) is 0.793. The van der Waals surface area contributed by atoms with Gasteiger partial charge < -0.3 is 9.64 Å². The van der Waals surface area contributed by atoms with Gasteiger partial charge in [-0.3, -0.25) is 14.3 Å². The van der Waals surface area contributed by atoms with Crippen LogP contribution < -0.4 is 5.56 Å². The molecule has 0 N–H and O–H groups in total. The van der Waals surface area contributed by atoms with Gasteiger partial charge in [0.25, 0.3) is 5.56 Å². The molecule has 4 heterocycles. The number of hydrogen-bond acceptors (Lipinski definition) is 6. The van der Waals surface area contributed by atoms with Gasteiger partial charge in [0.15, 0.2) is 0 Å². The molecule has 0 aromatic carbocycles. The number of thiophene rings is 1. The van der Waals surface area contributed by atoms with Crippen molar-refractivity contribution in [2.24, 2.45) is 5.92 Å². The van der Waals surface area contributed by atoms with Crippen LogP contribution in [-0.4, -0.2) is 53.2 Å². The first-order valence-electron chi connectivity index (χ1n) is 10.3. The lowest BCUT2D eigenvalue weighted by Crippen LogP contribution is -2.33. The van der Waals surface area contributed by atoms with Crippen molar-refractivity contribution in [3.05, 3.63) is 38.9 Å². The first-order chi connectivity index (χ1) is 13.6. The van der Waals surface area contributed by atoms with Gasteiger partial charge in [0.05, 0.1) is 18.5 Å². The van der Waals surface area contributed by atoms with E-state index in [1.807, 2.05) is 4.57 Å². The molecule has 2 aliphatic heterocycles. The third-order valence-electron chi connectivity index (χ3n) is 6.78. The van der Waals surface area contributed by atoms with Crippen LogP contribution in [0.15, 0.2) is 17.1 Å². The van der Waals surface area contributed by atoms with E-state index in [1.165, 1.54) is 10.4 Å². The molecule has 0 radical (unpaired) electrons. The predicted molar refractivity (Wildman–Crippen MR) is 112 cm³/mol. The van der Waals surface area contributed by atoms with E-state index in [0.29, 0.717) is 12.5 Å². The Bertz CT molecular complexity index is 994. The fourth-order valence-electron chi connectivity index (χ4n) is 5.25. The average Bonchev–Trinajstić information content (AvgIpc) is 3.27. The van der Waals surface area contributed by atoms with Crippen molar-refractivity contribution in [1.82, 2.24) is 19.4 Å². The Balaban J connectivity index is 1.62. The lowest BCUT2D eigenvalue weighted by Gasteiger charge is -2.26. The van der Waals surface area contributed by atoms with Crippen LogP contribution in [-0.2, 0) is 24.2 Å². The summed E-state index contributed by atoms with van der Waals surface area (Å²) in [5.74, 6) is 1.27. The second kappa shape index (κ2) is 6.97. The molecule has 5 rings (SSSR count). The molecule has 0 saturated heterocycles. The molecular formula is C21H28N4O2S. The van der Waals surface area contributed by atoms with E-state index in [1.54, 1.807) is 18.4 Å². The van der Waals surface area contributed by atoms with Crippen LogP contribution in [0.25, 0.3) is 10.2 Å². The van der Waals surface area contributed by atoms with Crippen LogP contribution in [0.1, 0.15) is 41.6 Å². The molecule has 1 saturated carbocycles. The zero-order valence-electron chi connectivity index (χ0n) is 16.7. The fourth-order valence-corrected chi connectivity index (χ4v) is 6.52. The molecular weight excluding hydrogens is 372 g/mol. The standard InChI is InChI=1S/C21H28N4O2S/c1-13-14-5-4-6-16(14)25-18(12-23(13)2)22-20-19(21(25)26)15-7-8-24(9-10-27-3)11-17(15)28-20/h14,16H,1,4-12H2,2-3H3/t14-,16-/m1/s1. The third-order valence-corrected chi connectivity index (χ3v) is 7.89. The summed E-state index contributed by atoms with van der Waals surface area (Å²) in [4.78, 5) is 25.6. The van der Waals surface area contributed by atoms with Crippen LogP contribution in [0.3, 0.4) is 0 Å². The number of aromatic nitrogens is 2. The SMILES string of the molecule is C=C1[C@H]2CCC[C@H]2n2c(nc3sc4c(c3c2=O)CCN(CCOC)C4)CN1C. The first kappa shape index (κ1) is 18.3. The highest BCUT2D eigenvalue weighted by Gasteiger charge is 2.38. The second-order valence-electron chi connectivity index (χ2n) is 8.36. The number of allylic oxidation sites excluding steroid dienone is 1. The molecule has 1 fully saturated rings. The van der Waals surface area contributed by atoms with Gasteiger partial charge >= 0.3 is 0 Å². The maximum Gasteiger partial charge on any atom is 0.262 e. The van der Waals surface area contributed by atoms with Crippen molar-refractivity contribution in [2.75, 3.05) is 33.9 Å². The summed E-state index contributed by atoms with van der Waals surface area (Å²) in [6.45, 7) is 8.57. The van der Waals surface area contributed by atoms with Gasteiger partial charge in [-0.05, 0) is 24.8 Å². The number of methoxy groups -OCH3 is 1. The van der Waals surface area contributed by atoms with Gasteiger partial charge in [-0.25, -0.2) is 4.98 Å². The normalized spacial score (nSPS) is 24.9. The number of rotatable bonds is 3. The monoisotopic (exact) mass is 400 g/mol. The van der Waals surface area contributed by atoms with Crippen LogP contribution in [0.2, 0.25) is 0 Å². The highest BCUT2D eigenvalue weighted by atomic mass is 32.1. The third kappa shape index (κ3) is 2.75. The second-order valence-corrected chi connectivity index (χ2v) is 9.44. The molecule has 0 amide bonds. The summed E-state index contributed by atoms with van der Waals surface area (Å²) in [7, 11) is 3.82. The van der Waals surface area contributed by atoms with Gasteiger partial charge in [-0.2, -0.15) is 0 Å². The van der Waals surface area contributed by atoms with E-state index in [0.717, 1.165) is 73.7 Å². The molecule has 2 aromatic rings. The lowest BCUT2D eigenvalue weighted by molar-refractivity contribution is 0.142. The predicted octanol–water partition coefficient (Wildman–Crippen LogP) is 2.76. The molecule has 0 unspecified atom stereocenters. The van der Waals surface area contributed by atoms with E-state index in [-0.39, 0.29) is 11.6 Å². The molecule has 7 heteroatoms. The van der Waals surface area contributed by atoms with Crippen LogP contribution in [0, 0.1) is 5.92 Å². The van der Waals surface area contributed by atoms with E-state index in [9.17, 15) is 4.79 Å². The highest BCUT2D eigenvalue weighted by molar-refractivity contribution is 7.18. The van der Waals surface area contributed by atoms with Gasteiger partial charge in [0.2, 0.25) is 0 Å². The van der Waals surface area contributed by atoms with Gasteiger partial charge in [0, 0.05) is 56.3 Å². The molecule has 0 spiro atoms. The lowest BCUT2D eigenvalue weighted by atomic mass is 9.99. The Hall–Kier alpha value is -1.70. The van der Waals surface area contributed by atoms with Crippen molar-refractivity contribution >= 4 is 21.6 Å². The zero-order chi connectivity index (χ0) is 19.4. The molecule has 2 aromatic heterocycles. The minimum Gasteiger partial charge on any atom is -0.383 e. The average molecular weight is 401 g/mol. The van der Waals surface area contributed by atoms with Crippen LogP contribution >= 0.6 is 11.3 Å². The van der Waals surface area contributed by atoms with Crippen molar-refractivity contribution in [3.8, 4) is 0 Å². The Kier molecular flexibility index (Phi) is 4.56. The smallest absolute Gasteiger partial charge is 0.262 e. The van der Waals surface area contributed by atoms with E-state index < -0.39 is 0 Å². The number of hydrogen-bond donors (Lipinski definition) is 0. The number of ether oxygens (including phenoxy) is 1. The summed E-state index contributed by atoms with van der Waals surface area (Å²) in [6, 6.07) is 0.217. The van der Waals surface area contributed by atoms with Crippen molar-refractivity contribution < 1.29 is 4.74 Å². The first-order valence-corrected chi connectivity index (χ1v) is 11.1. The number of fused-ring (bicyclic) bond motifs is 6. The maximum absolute atomic E-state index is 13.7. The molecule has 0 bridgehead atoms. The van der Waals surface area contributed by atoms with Crippen molar-refractivity contribution in [1.29, 1.82) is 0 Å². The molecule has 3 aliphatic rings. The Morgan fingerprint density at radius 2 is 2.18 bits per heavy atom. The number of nitrogens with zero attached hydrogens (tertiary/aromatic N) is 4. The van der Waals surface area contributed by atoms with Crippen molar-refractivity contribution in [2.45, 2.75) is 44.8 Å². The maximum atomic E-state index is 13.7.